The van der Waals surface area contributed by atoms with Crippen molar-refractivity contribution in [2.45, 2.75) is 18.7 Å². The zero-order valence-corrected chi connectivity index (χ0v) is 21.8. The summed E-state index contributed by atoms with van der Waals surface area (Å²) in [5.74, 6) is -1.45. The van der Waals surface area contributed by atoms with Crippen LogP contribution in [0.2, 0.25) is 0 Å². The molecule has 9 nitrogen and oxygen atoms in total. The molecule has 196 valence electrons. The van der Waals surface area contributed by atoms with Crippen LogP contribution in [0.1, 0.15) is 32.0 Å². The van der Waals surface area contributed by atoms with Gasteiger partial charge >= 0.3 is 5.97 Å². The molecule has 10 heteroatoms. The fourth-order valence-electron chi connectivity index (χ4n) is 4.64. The Labute approximate surface area is 220 Å². The number of hydrogen-bond acceptors (Lipinski definition) is 6. The van der Waals surface area contributed by atoms with Gasteiger partial charge in [-0.2, -0.15) is 0 Å². The number of sulfonamides is 1. The number of carboxylic acids is 1. The standard InChI is InChI=1S/C28H27N3O6S/c1-18-7-9-20(10-8-18)27(32)31-15-13-30(14-16-31)24-6-4-3-5-23(24)29-38(35,36)21-11-12-25-22(17-21)19(2)26(37-25)28(33)34/h3-12,17,29H,13-16H2,1-2H3,(H,33,34). The number of nitrogens with one attached hydrogen (secondary N) is 1. The first-order chi connectivity index (χ1) is 18.1. The summed E-state index contributed by atoms with van der Waals surface area (Å²) in [4.78, 5) is 28.1. The Kier molecular flexibility index (Phi) is 6.58. The number of carbonyl (C=O) groups excluding carboxylic acids is 1. The minimum atomic E-state index is -3.99. The van der Waals surface area contributed by atoms with E-state index in [9.17, 15) is 23.1 Å². The Morgan fingerprint density at radius 2 is 1.61 bits per heavy atom. The number of carboxylic acid groups (broad SMARTS) is 1. The quantitative estimate of drug-likeness (QED) is 0.374. The Morgan fingerprint density at radius 3 is 2.29 bits per heavy atom. The second-order valence-electron chi connectivity index (χ2n) is 9.29. The molecule has 38 heavy (non-hydrogen) atoms. The Balaban J connectivity index is 1.34. The molecule has 1 aromatic heterocycles. The number of hydrogen-bond donors (Lipinski definition) is 2. The van der Waals surface area contributed by atoms with E-state index < -0.39 is 16.0 Å². The average molecular weight is 534 g/mol. The molecule has 1 aliphatic heterocycles. The molecule has 3 aromatic carbocycles. The zero-order chi connectivity index (χ0) is 27.0. The molecule has 1 saturated heterocycles. The summed E-state index contributed by atoms with van der Waals surface area (Å²) in [6.45, 7) is 5.68. The van der Waals surface area contributed by atoms with E-state index in [0.29, 0.717) is 59.6 Å². The van der Waals surface area contributed by atoms with Crippen LogP contribution in [0.4, 0.5) is 11.4 Å². The fraction of sp³-hybridized carbons (Fsp3) is 0.214. The highest BCUT2D eigenvalue weighted by atomic mass is 32.2. The number of piperazine rings is 1. The van der Waals surface area contributed by atoms with Gasteiger partial charge in [0.2, 0.25) is 5.76 Å². The maximum atomic E-state index is 13.3. The number of rotatable bonds is 6. The van der Waals surface area contributed by atoms with E-state index in [0.717, 1.165) is 5.56 Å². The van der Waals surface area contributed by atoms with Gasteiger partial charge in [-0.15, -0.1) is 0 Å². The Bertz CT molecular complexity index is 1640. The lowest BCUT2D eigenvalue weighted by Gasteiger charge is -2.37. The summed E-state index contributed by atoms with van der Waals surface area (Å²) in [7, 11) is -3.99. The van der Waals surface area contributed by atoms with Crippen molar-refractivity contribution in [3.05, 3.63) is 89.2 Å². The van der Waals surface area contributed by atoms with Crippen LogP contribution in [0.3, 0.4) is 0 Å². The van der Waals surface area contributed by atoms with Gasteiger partial charge in [-0.25, -0.2) is 13.2 Å². The number of nitrogens with zero attached hydrogens (tertiary/aromatic N) is 2. The summed E-state index contributed by atoms with van der Waals surface area (Å²) in [6.07, 6.45) is 0. The number of fused-ring (bicyclic) bond motifs is 1. The van der Waals surface area contributed by atoms with Crippen LogP contribution in [-0.2, 0) is 10.0 Å². The van der Waals surface area contributed by atoms with E-state index in [2.05, 4.69) is 9.62 Å². The third-order valence-corrected chi connectivity index (χ3v) is 8.13. The van der Waals surface area contributed by atoms with Crippen LogP contribution >= 0.6 is 0 Å². The highest BCUT2D eigenvalue weighted by Crippen LogP contribution is 2.31. The van der Waals surface area contributed by atoms with Crippen molar-refractivity contribution >= 4 is 44.2 Å². The van der Waals surface area contributed by atoms with Gasteiger partial charge in [0.15, 0.2) is 0 Å². The van der Waals surface area contributed by atoms with Crippen molar-refractivity contribution in [2.75, 3.05) is 35.8 Å². The number of anilines is 2. The van der Waals surface area contributed by atoms with Gasteiger partial charge < -0.3 is 19.3 Å². The molecule has 2 heterocycles. The number of carbonyl (C=O) groups is 2. The third kappa shape index (κ3) is 4.82. The van der Waals surface area contributed by atoms with Crippen LogP contribution < -0.4 is 9.62 Å². The summed E-state index contributed by atoms with van der Waals surface area (Å²) in [5, 5.41) is 9.73. The largest absolute Gasteiger partial charge is 0.475 e. The van der Waals surface area contributed by atoms with Crippen molar-refractivity contribution in [1.82, 2.24) is 4.90 Å². The highest BCUT2D eigenvalue weighted by Gasteiger charge is 2.25. The van der Waals surface area contributed by atoms with Gasteiger partial charge in [0.25, 0.3) is 15.9 Å². The van der Waals surface area contributed by atoms with E-state index >= 15 is 0 Å². The van der Waals surface area contributed by atoms with Crippen LogP contribution in [0.25, 0.3) is 11.0 Å². The lowest BCUT2D eigenvalue weighted by molar-refractivity contribution is 0.0663. The monoisotopic (exact) mass is 533 g/mol. The molecule has 0 bridgehead atoms. The van der Waals surface area contributed by atoms with Gasteiger partial charge in [0.1, 0.15) is 5.58 Å². The van der Waals surface area contributed by atoms with Crippen molar-refractivity contribution in [1.29, 1.82) is 0 Å². The normalized spacial score (nSPS) is 14.1. The molecule has 1 aliphatic rings. The number of benzene rings is 3. The van der Waals surface area contributed by atoms with Crippen molar-refractivity contribution < 1.29 is 27.5 Å². The van der Waals surface area contributed by atoms with E-state index in [1.165, 1.54) is 18.2 Å². The van der Waals surface area contributed by atoms with E-state index in [1.54, 1.807) is 19.1 Å². The summed E-state index contributed by atoms with van der Waals surface area (Å²) in [6, 6.07) is 18.9. The SMILES string of the molecule is Cc1ccc(C(=O)N2CCN(c3ccccc3NS(=O)(=O)c3ccc4oc(C(=O)O)c(C)c4c3)CC2)cc1. The van der Waals surface area contributed by atoms with Gasteiger partial charge in [-0.3, -0.25) is 9.52 Å². The average Bonchev–Trinajstić information content (AvgIpc) is 3.25. The number of aryl methyl sites for hydroxylation is 2. The molecule has 0 aliphatic carbocycles. The smallest absolute Gasteiger partial charge is 0.372 e. The molecule has 2 N–H and O–H groups in total. The third-order valence-electron chi connectivity index (χ3n) is 6.77. The number of para-hydroxylation sites is 2. The molecule has 1 amide bonds. The highest BCUT2D eigenvalue weighted by molar-refractivity contribution is 7.92. The number of furan rings is 1. The van der Waals surface area contributed by atoms with Crippen molar-refractivity contribution in [3.8, 4) is 0 Å². The van der Waals surface area contributed by atoms with Crippen LogP contribution in [0.15, 0.2) is 76.0 Å². The summed E-state index contributed by atoms with van der Waals surface area (Å²) < 4.78 is 34.7. The minimum Gasteiger partial charge on any atom is -0.475 e. The first kappa shape index (κ1) is 25.3. The van der Waals surface area contributed by atoms with Crippen molar-refractivity contribution in [2.24, 2.45) is 0 Å². The topological polar surface area (TPSA) is 120 Å². The second-order valence-corrected chi connectivity index (χ2v) is 11.0. The first-order valence-corrected chi connectivity index (χ1v) is 13.6. The zero-order valence-electron chi connectivity index (χ0n) is 21.0. The van der Waals surface area contributed by atoms with Gasteiger partial charge in [-0.1, -0.05) is 29.8 Å². The summed E-state index contributed by atoms with van der Waals surface area (Å²) >= 11 is 0. The van der Waals surface area contributed by atoms with E-state index in [-0.39, 0.29) is 16.6 Å². The molecule has 0 atom stereocenters. The number of aromatic carboxylic acids is 1. The van der Waals surface area contributed by atoms with E-state index in [4.69, 9.17) is 4.42 Å². The molecule has 1 fully saturated rings. The van der Waals surface area contributed by atoms with Crippen LogP contribution in [0, 0.1) is 13.8 Å². The molecule has 4 aromatic rings. The molecule has 5 rings (SSSR count). The Hall–Kier alpha value is -4.31. The molecule has 0 saturated carbocycles. The minimum absolute atomic E-state index is 0.00541. The molecule has 0 radical (unpaired) electrons. The predicted octanol–water partition coefficient (Wildman–Crippen LogP) is 4.51. The molecular weight excluding hydrogens is 506 g/mol. The molecule has 0 unspecified atom stereocenters. The van der Waals surface area contributed by atoms with E-state index in [1.807, 2.05) is 48.2 Å². The maximum absolute atomic E-state index is 13.3. The van der Waals surface area contributed by atoms with Crippen LogP contribution in [-0.4, -0.2) is 56.5 Å². The van der Waals surface area contributed by atoms with Gasteiger partial charge in [-0.05, 0) is 56.3 Å². The van der Waals surface area contributed by atoms with Crippen molar-refractivity contribution in [3.63, 3.8) is 0 Å². The molecular formula is C28H27N3O6S. The first-order valence-electron chi connectivity index (χ1n) is 12.1. The second kappa shape index (κ2) is 9.86. The number of amides is 1. The lowest BCUT2D eigenvalue weighted by atomic mass is 10.1. The van der Waals surface area contributed by atoms with Gasteiger partial charge in [0.05, 0.1) is 16.3 Å². The van der Waals surface area contributed by atoms with Crippen LogP contribution in [0.5, 0.6) is 0 Å². The Morgan fingerprint density at radius 1 is 0.921 bits per heavy atom. The lowest BCUT2D eigenvalue weighted by Crippen LogP contribution is -2.49. The summed E-state index contributed by atoms with van der Waals surface area (Å²) in [5.41, 5.74) is 3.54. The fourth-order valence-corrected chi connectivity index (χ4v) is 5.74. The maximum Gasteiger partial charge on any atom is 0.372 e. The predicted molar refractivity (Wildman–Crippen MR) is 144 cm³/mol. The molecule has 0 spiro atoms. The van der Waals surface area contributed by atoms with Gasteiger partial charge in [0, 0.05) is 42.7 Å².